The van der Waals surface area contributed by atoms with Crippen LogP contribution in [0.3, 0.4) is 0 Å². The Morgan fingerprint density at radius 3 is 2.50 bits per heavy atom. The number of benzene rings is 1. The van der Waals surface area contributed by atoms with Crippen LogP contribution in [0, 0.1) is 5.92 Å². The summed E-state index contributed by atoms with van der Waals surface area (Å²) in [4.78, 5) is 38.7. The van der Waals surface area contributed by atoms with Gasteiger partial charge in [-0.05, 0) is 43.7 Å². The molecule has 2 rings (SSSR count). The topological polar surface area (TPSA) is 79.0 Å². The number of imide groups is 1. The van der Waals surface area contributed by atoms with E-state index in [2.05, 4.69) is 19.2 Å². The summed E-state index contributed by atoms with van der Waals surface area (Å²) in [6, 6.07) is 6.10. The summed E-state index contributed by atoms with van der Waals surface area (Å²) >= 11 is 0. The molecule has 1 saturated heterocycles. The molecule has 1 N–H and O–H groups in total. The summed E-state index contributed by atoms with van der Waals surface area (Å²) in [5.74, 6) is -0.220. The Morgan fingerprint density at radius 1 is 1.25 bits per heavy atom. The van der Waals surface area contributed by atoms with Crippen molar-refractivity contribution in [1.29, 1.82) is 0 Å². The van der Waals surface area contributed by atoms with Crippen molar-refractivity contribution in [2.75, 3.05) is 31.3 Å². The van der Waals surface area contributed by atoms with Crippen LogP contribution < -0.4 is 10.2 Å². The zero-order valence-electron chi connectivity index (χ0n) is 14.2. The lowest BCUT2D eigenvalue weighted by atomic mass is 10.2. The number of anilines is 1. The molecule has 3 amide bonds. The number of rotatable bonds is 7. The summed E-state index contributed by atoms with van der Waals surface area (Å²) in [7, 11) is 0. The van der Waals surface area contributed by atoms with E-state index in [-0.39, 0.29) is 25.2 Å². The zero-order valence-corrected chi connectivity index (χ0v) is 14.2. The first kappa shape index (κ1) is 17.9. The van der Waals surface area contributed by atoms with Gasteiger partial charge < -0.3 is 4.74 Å². The largest absolute Gasteiger partial charge is 0.462 e. The molecule has 0 radical (unpaired) electrons. The summed E-state index contributed by atoms with van der Waals surface area (Å²) in [6.07, 6.45) is 0. The van der Waals surface area contributed by atoms with Gasteiger partial charge in [-0.15, -0.1) is 0 Å². The first-order valence-electron chi connectivity index (χ1n) is 8.03. The highest BCUT2D eigenvalue weighted by Gasteiger charge is 2.36. The lowest BCUT2D eigenvalue weighted by molar-refractivity contribution is -0.125. The molecule has 1 aliphatic rings. The minimum absolute atomic E-state index is 0.000937. The molecular weight excluding hydrogens is 310 g/mol. The molecule has 0 bridgehead atoms. The van der Waals surface area contributed by atoms with Gasteiger partial charge in [0.05, 0.1) is 18.8 Å². The van der Waals surface area contributed by atoms with Gasteiger partial charge in [-0.1, -0.05) is 13.8 Å². The van der Waals surface area contributed by atoms with Crippen molar-refractivity contribution in [3.05, 3.63) is 29.8 Å². The van der Waals surface area contributed by atoms with E-state index >= 15 is 0 Å². The first-order valence-corrected chi connectivity index (χ1v) is 8.03. The van der Waals surface area contributed by atoms with E-state index in [0.29, 0.717) is 23.8 Å². The second kappa shape index (κ2) is 7.92. The van der Waals surface area contributed by atoms with Crippen molar-refractivity contribution in [2.45, 2.75) is 20.8 Å². The third-order valence-electron chi connectivity index (χ3n) is 3.57. The number of nitrogens with zero attached hydrogens (tertiary/aromatic N) is 2. The highest BCUT2D eigenvalue weighted by atomic mass is 16.5. The Labute approximate surface area is 141 Å². The molecule has 1 fully saturated rings. The molecule has 0 spiro atoms. The van der Waals surface area contributed by atoms with Crippen LogP contribution in [-0.4, -0.2) is 49.2 Å². The monoisotopic (exact) mass is 333 g/mol. The van der Waals surface area contributed by atoms with Gasteiger partial charge in [0.15, 0.2) is 0 Å². The predicted octanol–water partition coefficient (Wildman–Crippen LogP) is 1.83. The second-order valence-electron chi connectivity index (χ2n) is 5.96. The number of hydrogen-bond donors (Lipinski definition) is 1. The summed E-state index contributed by atoms with van der Waals surface area (Å²) < 4.78 is 4.92. The molecule has 1 aromatic rings. The quantitative estimate of drug-likeness (QED) is 0.608. The number of carbonyl (C=O) groups excluding carboxylic acids is 3. The fourth-order valence-corrected chi connectivity index (χ4v) is 2.36. The Morgan fingerprint density at radius 2 is 1.92 bits per heavy atom. The fraction of sp³-hybridized carbons (Fsp3) is 0.471. The number of amides is 3. The van der Waals surface area contributed by atoms with E-state index in [1.54, 1.807) is 31.2 Å². The van der Waals surface area contributed by atoms with Crippen LogP contribution in [0.5, 0.6) is 0 Å². The molecule has 0 aliphatic carbocycles. The number of carbonyl (C=O) groups is 3. The maximum Gasteiger partial charge on any atom is 0.338 e. The van der Waals surface area contributed by atoms with Crippen molar-refractivity contribution < 1.29 is 19.1 Å². The van der Waals surface area contributed by atoms with Crippen LogP contribution in [0.2, 0.25) is 0 Å². The van der Waals surface area contributed by atoms with Crippen molar-refractivity contribution in [1.82, 2.24) is 10.2 Å². The van der Waals surface area contributed by atoms with Gasteiger partial charge in [-0.25, -0.2) is 14.5 Å². The molecule has 1 heterocycles. The third kappa shape index (κ3) is 4.11. The minimum Gasteiger partial charge on any atom is -0.462 e. The number of esters is 1. The molecular formula is C17H23N3O4. The van der Waals surface area contributed by atoms with E-state index in [4.69, 9.17) is 4.74 Å². The van der Waals surface area contributed by atoms with E-state index in [1.165, 1.54) is 9.80 Å². The lowest BCUT2D eigenvalue weighted by Crippen LogP contribution is -2.40. The van der Waals surface area contributed by atoms with E-state index in [0.717, 1.165) is 6.54 Å². The lowest BCUT2D eigenvalue weighted by Gasteiger charge is -2.18. The fourth-order valence-electron chi connectivity index (χ4n) is 2.36. The van der Waals surface area contributed by atoms with E-state index < -0.39 is 5.97 Å². The van der Waals surface area contributed by atoms with Crippen LogP contribution >= 0.6 is 0 Å². The summed E-state index contributed by atoms with van der Waals surface area (Å²) in [6.45, 7) is 7.08. The van der Waals surface area contributed by atoms with Crippen molar-refractivity contribution in [2.24, 2.45) is 5.92 Å². The van der Waals surface area contributed by atoms with Crippen molar-refractivity contribution in [3.8, 4) is 0 Å². The average Bonchev–Trinajstić information content (AvgIpc) is 2.83. The van der Waals surface area contributed by atoms with Crippen LogP contribution in [0.25, 0.3) is 0 Å². The predicted molar refractivity (Wildman–Crippen MR) is 89.7 cm³/mol. The van der Waals surface area contributed by atoms with Gasteiger partial charge in [-0.2, -0.15) is 0 Å². The number of nitrogens with one attached hydrogen (secondary N) is 1. The molecule has 0 saturated carbocycles. The van der Waals surface area contributed by atoms with Gasteiger partial charge in [-0.3, -0.25) is 15.0 Å². The zero-order chi connectivity index (χ0) is 17.7. The highest BCUT2D eigenvalue weighted by molar-refractivity contribution is 6.12. The SMILES string of the molecule is CCOC(=O)c1ccc(N2CC(=O)N(CNCC(C)C)C2=O)cc1. The Hall–Kier alpha value is -2.41. The molecule has 130 valence electrons. The molecule has 7 heteroatoms. The highest BCUT2D eigenvalue weighted by Crippen LogP contribution is 2.21. The first-order chi connectivity index (χ1) is 11.4. The van der Waals surface area contributed by atoms with Crippen LogP contribution in [0.4, 0.5) is 10.5 Å². The molecule has 0 unspecified atom stereocenters. The maximum atomic E-state index is 12.4. The van der Waals surface area contributed by atoms with Crippen molar-refractivity contribution >= 4 is 23.6 Å². The van der Waals surface area contributed by atoms with E-state index in [1.807, 2.05) is 0 Å². The van der Waals surface area contributed by atoms with E-state index in [9.17, 15) is 14.4 Å². The molecule has 1 aromatic carbocycles. The van der Waals surface area contributed by atoms with Gasteiger partial charge >= 0.3 is 12.0 Å². The minimum atomic E-state index is -0.410. The van der Waals surface area contributed by atoms with Crippen LogP contribution in [0.15, 0.2) is 24.3 Å². The molecule has 7 nitrogen and oxygen atoms in total. The molecule has 1 aliphatic heterocycles. The third-order valence-corrected chi connectivity index (χ3v) is 3.57. The second-order valence-corrected chi connectivity index (χ2v) is 5.96. The normalized spacial score (nSPS) is 14.7. The Balaban J connectivity index is 2.03. The van der Waals surface area contributed by atoms with Crippen molar-refractivity contribution in [3.63, 3.8) is 0 Å². The Kier molecular flexibility index (Phi) is 5.92. The summed E-state index contributed by atoms with van der Waals surface area (Å²) in [5.41, 5.74) is 0.988. The number of ether oxygens (including phenoxy) is 1. The van der Waals surface area contributed by atoms with Crippen LogP contribution in [0.1, 0.15) is 31.1 Å². The maximum absolute atomic E-state index is 12.4. The molecule has 0 aromatic heterocycles. The molecule has 24 heavy (non-hydrogen) atoms. The van der Waals surface area contributed by atoms with Gasteiger partial charge in [0.1, 0.15) is 6.54 Å². The van der Waals surface area contributed by atoms with Crippen LogP contribution in [-0.2, 0) is 9.53 Å². The van der Waals surface area contributed by atoms with Gasteiger partial charge in [0.25, 0.3) is 5.91 Å². The average molecular weight is 333 g/mol. The number of urea groups is 1. The summed E-state index contributed by atoms with van der Waals surface area (Å²) in [5, 5.41) is 3.09. The standard InChI is InChI=1S/C17H23N3O4/c1-4-24-16(22)13-5-7-14(8-6-13)19-10-15(21)20(17(19)23)11-18-9-12(2)3/h5-8,12,18H,4,9-11H2,1-3H3. The molecule has 0 atom stereocenters. The Bertz CT molecular complexity index is 613. The van der Waals surface area contributed by atoms with Gasteiger partial charge in [0.2, 0.25) is 0 Å². The smallest absolute Gasteiger partial charge is 0.338 e. The number of hydrogen-bond acceptors (Lipinski definition) is 5. The van der Waals surface area contributed by atoms with Gasteiger partial charge in [0, 0.05) is 5.69 Å².